The summed E-state index contributed by atoms with van der Waals surface area (Å²) in [6, 6.07) is 0. The monoisotopic (exact) mass is 247 g/mol. The molecule has 3 nitrogen and oxygen atoms in total. The van der Waals surface area contributed by atoms with Crippen LogP contribution in [0.2, 0.25) is 5.15 Å². The second kappa shape index (κ2) is 5.15. The molecule has 0 aliphatic heterocycles. The van der Waals surface area contributed by atoms with E-state index in [9.17, 15) is 4.39 Å². The summed E-state index contributed by atoms with van der Waals surface area (Å²) >= 11 is 6.07. The van der Waals surface area contributed by atoms with Crippen molar-refractivity contribution in [3.8, 4) is 0 Å². The highest BCUT2D eigenvalue weighted by Crippen LogP contribution is 2.28. The third kappa shape index (κ3) is 2.74. The molecule has 0 aliphatic carbocycles. The highest BCUT2D eigenvalue weighted by atomic mass is 35.5. The normalized spacial score (nSPS) is 15.1. The fraction of sp³-hybridized carbons (Fsp3) is 0.727. The fourth-order valence-corrected chi connectivity index (χ4v) is 2.14. The maximum absolute atomic E-state index is 14.4. The third-order valence-corrected chi connectivity index (χ3v) is 3.30. The first-order valence-corrected chi connectivity index (χ1v) is 5.88. The van der Waals surface area contributed by atoms with Gasteiger partial charge >= 0.3 is 0 Å². The zero-order chi connectivity index (χ0) is 12.3. The van der Waals surface area contributed by atoms with Crippen LogP contribution < -0.4 is 5.73 Å². The molecule has 0 fully saturated rings. The molecule has 1 atom stereocenters. The van der Waals surface area contributed by atoms with E-state index in [1.165, 1.54) is 0 Å². The molecular formula is C11H19ClFN3. The minimum Gasteiger partial charge on any atom is -0.328 e. The van der Waals surface area contributed by atoms with Gasteiger partial charge in [-0.25, -0.2) is 4.39 Å². The lowest BCUT2D eigenvalue weighted by Crippen LogP contribution is -2.35. The van der Waals surface area contributed by atoms with E-state index >= 15 is 0 Å². The first kappa shape index (κ1) is 13.5. The number of rotatable bonds is 5. The maximum atomic E-state index is 14.4. The summed E-state index contributed by atoms with van der Waals surface area (Å²) in [7, 11) is 1.75. The van der Waals surface area contributed by atoms with E-state index in [0.29, 0.717) is 11.6 Å². The van der Waals surface area contributed by atoms with Gasteiger partial charge in [0.05, 0.1) is 5.69 Å². The van der Waals surface area contributed by atoms with E-state index < -0.39 is 5.67 Å². The summed E-state index contributed by atoms with van der Waals surface area (Å²) in [5.74, 6) is 0. The number of hydrogen-bond acceptors (Lipinski definition) is 2. The Bertz CT molecular complexity index is 364. The van der Waals surface area contributed by atoms with Crippen LogP contribution in [0.1, 0.15) is 31.0 Å². The molecule has 1 heterocycles. The van der Waals surface area contributed by atoms with Gasteiger partial charge in [-0.2, -0.15) is 5.10 Å². The molecule has 1 rings (SSSR count). The SMILES string of the molecule is CCCC(F)(CN)Cc1c(C)nn(C)c1Cl. The van der Waals surface area contributed by atoms with Crippen molar-refractivity contribution in [2.75, 3.05) is 6.54 Å². The van der Waals surface area contributed by atoms with Crippen molar-refractivity contribution < 1.29 is 4.39 Å². The van der Waals surface area contributed by atoms with Gasteiger partial charge in [0.2, 0.25) is 0 Å². The van der Waals surface area contributed by atoms with Crippen LogP contribution in [-0.2, 0) is 13.5 Å². The van der Waals surface area contributed by atoms with Gasteiger partial charge in [0.15, 0.2) is 0 Å². The van der Waals surface area contributed by atoms with Gasteiger partial charge in [0.25, 0.3) is 0 Å². The predicted molar refractivity (Wildman–Crippen MR) is 64.5 cm³/mol. The molecule has 0 bridgehead atoms. The van der Waals surface area contributed by atoms with E-state index in [4.69, 9.17) is 17.3 Å². The van der Waals surface area contributed by atoms with E-state index in [0.717, 1.165) is 17.7 Å². The summed E-state index contributed by atoms with van der Waals surface area (Å²) < 4.78 is 15.9. The summed E-state index contributed by atoms with van der Waals surface area (Å²) in [4.78, 5) is 0. The molecule has 0 saturated carbocycles. The standard InChI is InChI=1S/C11H19ClFN3/c1-4-5-11(13,7-14)6-9-8(2)15-16(3)10(9)12/h4-7,14H2,1-3H3. The van der Waals surface area contributed by atoms with Gasteiger partial charge in [0.1, 0.15) is 10.8 Å². The molecule has 1 aromatic heterocycles. The highest BCUT2D eigenvalue weighted by Gasteiger charge is 2.30. The van der Waals surface area contributed by atoms with Gasteiger partial charge in [0, 0.05) is 25.6 Å². The quantitative estimate of drug-likeness (QED) is 0.868. The van der Waals surface area contributed by atoms with Gasteiger partial charge in [-0.1, -0.05) is 24.9 Å². The summed E-state index contributed by atoms with van der Waals surface area (Å²) in [5.41, 5.74) is 5.68. The van der Waals surface area contributed by atoms with Crippen molar-refractivity contribution in [1.29, 1.82) is 0 Å². The van der Waals surface area contributed by atoms with Crippen LogP contribution in [0.3, 0.4) is 0 Å². The van der Waals surface area contributed by atoms with Crippen LogP contribution in [0.25, 0.3) is 0 Å². The molecule has 1 unspecified atom stereocenters. The number of hydrogen-bond donors (Lipinski definition) is 1. The van der Waals surface area contributed by atoms with Gasteiger partial charge in [-0.05, 0) is 13.3 Å². The van der Waals surface area contributed by atoms with Crippen LogP contribution in [0, 0.1) is 6.92 Å². The lowest BCUT2D eigenvalue weighted by atomic mass is 9.92. The highest BCUT2D eigenvalue weighted by molar-refractivity contribution is 6.30. The molecule has 16 heavy (non-hydrogen) atoms. The molecule has 0 aliphatic rings. The fourth-order valence-electron chi connectivity index (χ4n) is 1.90. The number of aryl methyl sites for hydroxylation is 2. The van der Waals surface area contributed by atoms with Crippen molar-refractivity contribution in [2.24, 2.45) is 12.8 Å². The van der Waals surface area contributed by atoms with Gasteiger partial charge < -0.3 is 5.73 Å². The van der Waals surface area contributed by atoms with Crippen LogP contribution in [0.15, 0.2) is 0 Å². The Morgan fingerprint density at radius 3 is 2.56 bits per heavy atom. The number of aromatic nitrogens is 2. The molecule has 0 radical (unpaired) electrons. The van der Waals surface area contributed by atoms with Gasteiger partial charge in [-0.3, -0.25) is 4.68 Å². The van der Waals surface area contributed by atoms with Crippen LogP contribution in [0.4, 0.5) is 4.39 Å². The number of nitrogens with two attached hydrogens (primary N) is 1. The number of alkyl halides is 1. The van der Waals surface area contributed by atoms with Crippen molar-refractivity contribution >= 4 is 11.6 Å². The second-order valence-electron chi connectivity index (χ2n) is 4.26. The third-order valence-electron chi connectivity index (χ3n) is 2.83. The van der Waals surface area contributed by atoms with Crippen molar-refractivity contribution in [2.45, 2.75) is 38.8 Å². The van der Waals surface area contributed by atoms with Crippen molar-refractivity contribution in [3.05, 3.63) is 16.4 Å². The second-order valence-corrected chi connectivity index (χ2v) is 4.62. The minimum absolute atomic E-state index is 0.0193. The number of nitrogens with zero attached hydrogens (tertiary/aromatic N) is 2. The van der Waals surface area contributed by atoms with Crippen LogP contribution in [-0.4, -0.2) is 22.0 Å². The molecule has 92 valence electrons. The molecule has 0 amide bonds. The zero-order valence-corrected chi connectivity index (χ0v) is 10.8. The first-order valence-electron chi connectivity index (χ1n) is 5.50. The Morgan fingerprint density at radius 1 is 1.56 bits per heavy atom. The summed E-state index contributed by atoms with van der Waals surface area (Å²) in [6.45, 7) is 3.80. The Kier molecular flexibility index (Phi) is 4.33. The topological polar surface area (TPSA) is 43.8 Å². The van der Waals surface area contributed by atoms with Gasteiger partial charge in [-0.15, -0.1) is 0 Å². The van der Waals surface area contributed by atoms with E-state index in [1.807, 2.05) is 13.8 Å². The molecule has 2 N–H and O–H groups in total. The number of halogens is 2. The van der Waals surface area contributed by atoms with Crippen molar-refractivity contribution in [1.82, 2.24) is 9.78 Å². The summed E-state index contributed by atoms with van der Waals surface area (Å²) in [6.07, 6.45) is 1.47. The Labute approximate surface area is 101 Å². The van der Waals surface area contributed by atoms with Crippen molar-refractivity contribution in [3.63, 3.8) is 0 Å². The average molecular weight is 248 g/mol. The van der Waals surface area contributed by atoms with E-state index in [1.54, 1.807) is 11.7 Å². The Morgan fingerprint density at radius 2 is 2.19 bits per heavy atom. The average Bonchev–Trinajstić information content (AvgIpc) is 2.46. The molecule has 0 spiro atoms. The largest absolute Gasteiger partial charge is 0.328 e. The first-order chi connectivity index (χ1) is 7.43. The van der Waals surface area contributed by atoms with E-state index in [2.05, 4.69) is 5.10 Å². The molecule has 0 aromatic carbocycles. The van der Waals surface area contributed by atoms with Crippen LogP contribution in [0.5, 0.6) is 0 Å². The maximum Gasteiger partial charge on any atom is 0.130 e. The summed E-state index contributed by atoms with van der Waals surface area (Å²) in [5, 5.41) is 4.67. The predicted octanol–water partition coefficient (Wildman–Crippen LogP) is 2.39. The van der Waals surface area contributed by atoms with E-state index in [-0.39, 0.29) is 13.0 Å². The Hall–Kier alpha value is -0.610. The molecular weight excluding hydrogens is 229 g/mol. The molecule has 1 aromatic rings. The zero-order valence-electron chi connectivity index (χ0n) is 10.1. The Balaban J connectivity index is 2.93. The minimum atomic E-state index is -1.37. The molecule has 0 saturated heterocycles. The molecule has 5 heteroatoms. The smallest absolute Gasteiger partial charge is 0.130 e. The lowest BCUT2D eigenvalue weighted by molar-refractivity contribution is 0.158. The van der Waals surface area contributed by atoms with Crippen LogP contribution >= 0.6 is 11.6 Å². The lowest BCUT2D eigenvalue weighted by Gasteiger charge is -2.22.